The van der Waals surface area contributed by atoms with E-state index in [4.69, 9.17) is 10.5 Å². The van der Waals surface area contributed by atoms with Gasteiger partial charge < -0.3 is 15.4 Å². The van der Waals surface area contributed by atoms with Crippen LogP contribution in [0.15, 0.2) is 12.4 Å². The molecule has 0 aliphatic carbocycles. The molecule has 1 saturated heterocycles. The molecule has 19 heavy (non-hydrogen) atoms. The molecule has 1 aliphatic heterocycles. The number of aromatic nitrogens is 2. The van der Waals surface area contributed by atoms with Crippen molar-refractivity contribution >= 4 is 5.95 Å². The maximum absolute atomic E-state index is 5.93. The predicted molar refractivity (Wildman–Crippen MR) is 76.2 cm³/mol. The Hall–Kier alpha value is -1.20. The maximum atomic E-state index is 5.93. The molecule has 0 bridgehead atoms. The summed E-state index contributed by atoms with van der Waals surface area (Å²) in [6.45, 7) is 3.83. The Balaban J connectivity index is 1.89. The first-order chi connectivity index (χ1) is 9.19. The van der Waals surface area contributed by atoms with E-state index in [1.807, 2.05) is 19.4 Å². The number of rotatable bonds is 6. The first-order valence-electron chi connectivity index (χ1n) is 7.08. The molecule has 5 heteroatoms. The third kappa shape index (κ3) is 4.14. The zero-order valence-corrected chi connectivity index (χ0v) is 11.9. The van der Waals surface area contributed by atoms with Crippen molar-refractivity contribution in [3.05, 3.63) is 18.0 Å². The number of likely N-dealkylation sites (N-methyl/N-ethyl adjacent to an activating group) is 1. The summed E-state index contributed by atoms with van der Waals surface area (Å²) in [5, 5.41) is 0. The van der Waals surface area contributed by atoms with Crippen molar-refractivity contribution in [1.29, 1.82) is 0 Å². The Kier molecular flexibility index (Phi) is 5.10. The van der Waals surface area contributed by atoms with E-state index < -0.39 is 0 Å². The van der Waals surface area contributed by atoms with Crippen LogP contribution < -0.4 is 10.6 Å². The maximum Gasteiger partial charge on any atom is 0.225 e. The summed E-state index contributed by atoms with van der Waals surface area (Å²) in [5.74, 6) is 0.754. The molecule has 1 aromatic rings. The molecule has 1 fully saturated rings. The standard InChI is InChI=1S/C14H24N4O/c1-3-12(15)7-11-8-16-14(17-9-11)18(2)10-13-5-4-6-19-13/h8-9,12-13H,3-7,10,15H2,1-2H3. The van der Waals surface area contributed by atoms with Crippen LogP contribution in [0.25, 0.3) is 0 Å². The summed E-state index contributed by atoms with van der Waals surface area (Å²) in [5.41, 5.74) is 7.03. The first kappa shape index (κ1) is 14.2. The van der Waals surface area contributed by atoms with Gasteiger partial charge in [-0.3, -0.25) is 0 Å². The van der Waals surface area contributed by atoms with Crippen LogP contribution in [0.3, 0.4) is 0 Å². The van der Waals surface area contributed by atoms with Gasteiger partial charge in [0.25, 0.3) is 0 Å². The molecule has 1 aromatic heterocycles. The molecule has 0 spiro atoms. The zero-order valence-electron chi connectivity index (χ0n) is 11.9. The summed E-state index contributed by atoms with van der Waals surface area (Å²) in [6.07, 6.45) is 8.18. The van der Waals surface area contributed by atoms with Crippen LogP contribution in [0, 0.1) is 0 Å². The van der Waals surface area contributed by atoms with E-state index >= 15 is 0 Å². The third-order valence-electron chi connectivity index (χ3n) is 3.56. The van der Waals surface area contributed by atoms with Crippen LogP contribution in [0.2, 0.25) is 0 Å². The third-order valence-corrected chi connectivity index (χ3v) is 3.56. The van der Waals surface area contributed by atoms with E-state index in [0.717, 1.165) is 50.3 Å². The van der Waals surface area contributed by atoms with E-state index in [2.05, 4.69) is 21.8 Å². The molecule has 0 saturated carbocycles. The lowest BCUT2D eigenvalue weighted by atomic mass is 10.1. The van der Waals surface area contributed by atoms with Gasteiger partial charge in [-0.25, -0.2) is 9.97 Å². The quantitative estimate of drug-likeness (QED) is 0.840. The summed E-state index contributed by atoms with van der Waals surface area (Å²) in [6, 6.07) is 0.194. The average Bonchev–Trinajstić information content (AvgIpc) is 2.92. The lowest BCUT2D eigenvalue weighted by Gasteiger charge is -2.20. The highest BCUT2D eigenvalue weighted by Crippen LogP contribution is 2.15. The number of nitrogens with zero attached hydrogens (tertiary/aromatic N) is 3. The summed E-state index contributed by atoms with van der Waals surface area (Å²) >= 11 is 0. The molecule has 2 atom stereocenters. The van der Waals surface area contributed by atoms with Gasteiger partial charge in [0.1, 0.15) is 0 Å². The first-order valence-corrected chi connectivity index (χ1v) is 7.08. The number of anilines is 1. The smallest absolute Gasteiger partial charge is 0.225 e. The molecule has 2 heterocycles. The normalized spacial score (nSPS) is 20.5. The summed E-state index contributed by atoms with van der Waals surface area (Å²) in [4.78, 5) is 10.9. The van der Waals surface area contributed by atoms with E-state index in [-0.39, 0.29) is 6.04 Å². The molecule has 1 aliphatic rings. The largest absolute Gasteiger partial charge is 0.376 e. The molecule has 2 N–H and O–H groups in total. The minimum atomic E-state index is 0.194. The molecule has 0 aromatic carbocycles. The van der Waals surface area contributed by atoms with Crippen LogP contribution in [0.1, 0.15) is 31.7 Å². The summed E-state index contributed by atoms with van der Waals surface area (Å²) < 4.78 is 5.62. The predicted octanol–water partition coefficient (Wildman–Crippen LogP) is 1.37. The Morgan fingerprint density at radius 1 is 1.47 bits per heavy atom. The van der Waals surface area contributed by atoms with Crippen LogP contribution >= 0.6 is 0 Å². The van der Waals surface area contributed by atoms with Crippen molar-refractivity contribution in [1.82, 2.24) is 9.97 Å². The fourth-order valence-electron chi connectivity index (χ4n) is 2.27. The lowest BCUT2D eigenvalue weighted by Crippen LogP contribution is -2.30. The van der Waals surface area contributed by atoms with Crippen molar-refractivity contribution in [3.8, 4) is 0 Å². The topological polar surface area (TPSA) is 64.3 Å². The Labute approximate surface area is 115 Å². The number of nitrogens with two attached hydrogens (primary N) is 1. The van der Waals surface area contributed by atoms with Gasteiger partial charge in [0, 0.05) is 38.6 Å². The van der Waals surface area contributed by atoms with Gasteiger partial charge in [-0.15, -0.1) is 0 Å². The van der Waals surface area contributed by atoms with Gasteiger partial charge in [0.15, 0.2) is 0 Å². The van der Waals surface area contributed by atoms with Crippen LogP contribution in [0.5, 0.6) is 0 Å². The van der Waals surface area contributed by atoms with Crippen molar-refractivity contribution in [2.45, 2.75) is 44.8 Å². The fraction of sp³-hybridized carbons (Fsp3) is 0.714. The monoisotopic (exact) mass is 264 g/mol. The summed E-state index contributed by atoms with van der Waals surface area (Å²) in [7, 11) is 2.01. The lowest BCUT2D eigenvalue weighted by molar-refractivity contribution is 0.116. The minimum absolute atomic E-state index is 0.194. The number of hydrogen-bond acceptors (Lipinski definition) is 5. The van der Waals surface area contributed by atoms with Gasteiger partial charge in [-0.05, 0) is 31.2 Å². The van der Waals surface area contributed by atoms with Gasteiger partial charge in [-0.2, -0.15) is 0 Å². The second kappa shape index (κ2) is 6.82. The van der Waals surface area contributed by atoms with Gasteiger partial charge in [0.2, 0.25) is 5.95 Å². The van der Waals surface area contributed by atoms with Crippen molar-refractivity contribution in [2.75, 3.05) is 25.1 Å². The Morgan fingerprint density at radius 2 is 2.21 bits per heavy atom. The molecule has 0 amide bonds. The highest BCUT2D eigenvalue weighted by molar-refractivity contribution is 5.28. The van der Waals surface area contributed by atoms with E-state index in [1.165, 1.54) is 0 Å². The molecular weight excluding hydrogens is 240 g/mol. The molecule has 106 valence electrons. The van der Waals surface area contributed by atoms with E-state index in [9.17, 15) is 0 Å². The minimum Gasteiger partial charge on any atom is -0.376 e. The second-order valence-corrected chi connectivity index (χ2v) is 5.28. The van der Waals surface area contributed by atoms with Crippen LogP contribution in [0.4, 0.5) is 5.95 Å². The Morgan fingerprint density at radius 3 is 2.79 bits per heavy atom. The molecule has 0 radical (unpaired) electrons. The van der Waals surface area contributed by atoms with Crippen LogP contribution in [-0.4, -0.2) is 42.3 Å². The SMILES string of the molecule is CCC(N)Cc1cnc(N(C)CC2CCCO2)nc1. The Bertz CT molecular complexity index is 376. The van der Waals surface area contributed by atoms with Crippen molar-refractivity contribution in [3.63, 3.8) is 0 Å². The van der Waals surface area contributed by atoms with Gasteiger partial charge in [0.05, 0.1) is 6.10 Å². The molecular formula is C14H24N4O. The second-order valence-electron chi connectivity index (χ2n) is 5.28. The van der Waals surface area contributed by atoms with E-state index in [1.54, 1.807) is 0 Å². The number of ether oxygens (including phenoxy) is 1. The molecule has 2 unspecified atom stereocenters. The van der Waals surface area contributed by atoms with Gasteiger partial charge >= 0.3 is 0 Å². The van der Waals surface area contributed by atoms with Crippen LogP contribution in [-0.2, 0) is 11.2 Å². The van der Waals surface area contributed by atoms with E-state index in [0.29, 0.717) is 6.10 Å². The average molecular weight is 264 g/mol. The van der Waals surface area contributed by atoms with Gasteiger partial charge in [-0.1, -0.05) is 6.92 Å². The highest BCUT2D eigenvalue weighted by Gasteiger charge is 2.18. The fourth-order valence-corrected chi connectivity index (χ4v) is 2.27. The molecule has 5 nitrogen and oxygen atoms in total. The number of hydrogen-bond donors (Lipinski definition) is 1. The molecule has 2 rings (SSSR count). The highest BCUT2D eigenvalue weighted by atomic mass is 16.5. The van der Waals surface area contributed by atoms with Crippen molar-refractivity contribution in [2.24, 2.45) is 5.73 Å². The zero-order chi connectivity index (χ0) is 13.7. The van der Waals surface area contributed by atoms with Crippen molar-refractivity contribution < 1.29 is 4.74 Å².